The summed E-state index contributed by atoms with van der Waals surface area (Å²) in [4.78, 5) is 0. The van der Waals surface area contributed by atoms with E-state index in [-0.39, 0.29) is 10.5 Å². The highest BCUT2D eigenvalue weighted by atomic mass is 31.2. The van der Waals surface area contributed by atoms with Crippen LogP contribution in [0, 0.1) is 5.41 Å². The molecule has 0 aliphatic carbocycles. The molecule has 1 aliphatic rings. The van der Waals surface area contributed by atoms with E-state index in [4.69, 9.17) is 13.5 Å². The molecule has 6 heteroatoms. The van der Waals surface area contributed by atoms with E-state index in [1.54, 1.807) is 0 Å². The number of hydrogen-bond acceptors (Lipinski definition) is 4. The van der Waals surface area contributed by atoms with E-state index in [1.165, 1.54) is 5.56 Å². The Bertz CT molecular complexity index is 618. The smallest absolute Gasteiger partial charge is 0.336 e. The van der Waals surface area contributed by atoms with Crippen LogP contribution in [-0.4, -0.2) is 39.4 Å². The maximum Gasteiger partial charge on any atom is 0.336 e. The third-order valence-corrected chi connectivity index (χ3v) is 11.6. The molecule has 0 bridgehead atoms. The monoisotopic (exact) mass is 424 g/mol. The van der Waals surface area contributed by atoms with Crippen molar-refractivity contribution in [1.82, 2.24) is 4.67 Å². The lowest BCUT2D eigenvalue weighted by molar-refractivity contribution is 0.0450. The van der Waals surface area contributed by atoms with Crippen LogP contribution in [0.2, 0.25) is 18.1 Å². The van der Waals surface area contributed by atoms with Gasteiger partial charge in [-0.15, -0.1) is 4.67 Å². The Morgan fingerprint density at radius 1 is 1.11 bits per heavy atom. The summed E-state index contributed by atoms with van der Waals surface area (Å²) >= 11 is 0. The zero-order valence-electron chi connectivity index (χ0n) is 18.7. The van der Waals surface area contributed by atoms with E-state index in [2.05, 4.69) is 94.9 Å². The second-order valence-electron chi connectivity index (χ2n) is 9.92. The van der Waals surface area contributed by atoms with Gasteiger partial charge < -0.3 is 4.43 Å². The van der Waals surface area contributed by atoms with Crippen molar-refractivity contribution in [2.24, 2.45) is 5.41 Å². The topological polar surface area (TPSA) is 30.9 Å². The fourth-order valence-electron chi connectivity index (χ4n) is 2.53. The molecule has 4 nitrogen and oxygen atoms in total. The molecule has 1 aliphatic heterocycles. The molecule has 2 rings (SSSR count). The van der Waals surface area contributed by atoms with Gasteiger partial charge in [-0.1, -0.05) is 77.1 Å². The Hall–Kier alpha value is -0.553. The van der Waals surface area contributed by atoms with Gasteiger partial charge in [0.05, 0.1) is 19.7 Å². The molecule has 0 atom stereocenters. The summed E-state index contributed by atoms with van der Waals surface area (Å²) in [7, 11) is -3.14. The molecular weight excluding hydrogens is 385 g/mol. The number of rotatable bonds is 8. The van der Waals surface area contributed by atoms with Gasteiger partial charge in [0.1, 0.15) is 13.2 Å². The van der Waals surface area contributed by atoms with Crippen LogP contribution >= 0.6 is 8.53 Å². The third-order valence-electron chi connectivity index (χ3n) is 5.49. The highest BCUT2D eigenvalue weighted by Crippen LogP contribution is 2.49. The van der Waals surface area contributed by atoms with Gasteiger partial charge in [-0.25, -0.2) is 0 Å². The molecular formula is C22H39NO3PSi+. The Labute approximate surface area is 174 Å². The molecule has 28 heavy (non-hydrogen) atoms. The lowest BCUT2D eigenvalue weighted by Crippen LogP contribution is -2.40. The standard InChI is InChI=1S/C22H38NO3PSi/c1-21(2,3)28(6,7)26-16-12-11-15-23(17-20-13-9-8-10-14-20)27-24-18-22(4,5)19-25-27/h8-14H,15-19H2,1-7H3/p+1/b12-11+. The average Bonchev–Trinajstić information content (AvgIpc) is 2.60. The molecule has 0 unspecified atom stereocenters. The van der Waals surface area contributed by atoms with E-state index < -0.39 is 16.8 Å². The molecule has 1 saturated heterocycles. The Kier molecular flexibility index (Phi) is 8.45. The van der Waals surface area contributed by atoms with E-state index >= 15 is 0 Å². The van der Waals surface area contributed by atoms with Crippen LogP contribution in [0.25, 0.3) is 0 Å². The second kappa shape index (κ2) is 9.97. The fourth-order valence-corrected chi connectivity index (χ4v) is 5.52. The highest BCUT2D eigenvalue weighted by molar-refractivity contribution is 7.44. The van der Waals surface area contributed by atoms with Gasteiger partial charge in [0.2, 0.25) is 0 Å². The highest BCUT2D eigenvalue weighted by Gasteiger charge is 2.39. The minimum absolute atomic E-state index is 0.0967. The summed E-state index contributed by atoms with van der Waals surface area (Å²) in [5.41, 5.74) is 1.38. The summed E-state index contributed by atoms with van der Waals surface area (Å²) in [6, 6.07) is 10.5. The van der Waals surface area contributed by atoms with Crippen LogP contribution in [0.5, 0.6) is 0 Å². The average molecular weight is 425 g/mol. The van der Waals surface area contributed by atoms with E-state index in [9.17, 15) is 0 Å². The van der Waals surface area contributed by atoms with Gasteiger partial charge in [0, 0.05) is 5.41 Å². The van der Waals surface area contributed by atoms with Crippen molar-refractivity contribution in [3.63, 3.8) is 0 Å². The van der Waals surface area contributed by atoms with E-state index in [1.807, 2.05) is 0 Å². The molecule has 0 spiro atoms. The van der Waals surface area contributed by atoms with Crippen molar-refractivity contribution in [3.05, 3.63) is 48.0 Å². The first-order valence-electron chi connectivity index (χ1n) is 10.2. The largest absolute Gasteiger partial charge is 0.413 e. The van der Waals surface area contributed by atoms with Gasteiger partial charge >= 0.3 is 8.53 Å². The Morgan fingerprint density at radius 3 is 2.29 bits per heavy atom. The normalized spacial score (nSPS) is 18.9. The first kappa shape index (κ1) is 23.7. The maximum atomic E-state index is 6.25. The van der Waals surface area contributed by atoms with Crippen molar-refractivity contribution in [2.75, 3.05) is 26.4 Å². The first-order valence-corrected chi connectivity index (χ1v) is 14.4. The predicted octanol–water partition coefficient (Wildman–Crippen LogP) is 6.10. The van der Waals surface area contributed by atoms with Crippen molar-refractivity contribution < 1.29 is 13.5 Å². The minimum atomic E-state index is -1.70. The summed E-state index contributed by atoms with van der Waals surface area (Å²) in [6.45, 7) is 19.6. The van der Waals surface area contributed by atoms with Crippen LogP contribution in [-0.2, 0) is 20.0 Å². The summed E-state index contributed by atoms with van der Waals surface area (Å²) < 4.78 is 20.8. The quantitative estimate of drug-likeness (QED) is 0.287. The van der Waals surface area contributed by atoms with Crippen LogP contribution in [0.15, 0.2) is 42.5 Å². The lowest BCUT2D eigenvalue weighted by Gasteiger charge is -2.35. The second-order valence-corrected chi connectivity index (χ2v) is 16.5. The molecule has 0 saturated carbocycles. The molecule has 1 fully saturated rings. The van der Waals surface area contributed by atoms with Crippen molar-refractivity contribution in [1.29, 1.82) is 0 Å². The lowest BCUT2D eigenvalue weighted by atomic mass is 9.97. The first-order chi connectivity index (χ1) is 13.0. The van der Waals surface area contributed by atoms with Gasteiger partial charge in [-0.05, 0) is 23.7 Å². The van der Waals surface area contributed by atoms with Crippen molar-refractivity contribution >= 4 is 16.8 Å². The van der Waals surface area contributed by atoms with Gasteiger partial charge in [-0.2, -0.15) is 9.05 Å². The number of benzene rings is 1. The summed E-state index contributed by atoms with van der Waals surface area (Å²) in [5.74, 6) is 0. The van der Waals surface area contributed by atoms with Crippen LogP contribution < -0.4 is 0 Å². The predicted molar refractivity (Wildman–Crippen MR) is 123 cm³/mol. The molecule has 0 aromatic heterocycles. The van der Waals surface area contributed by atoms with Crippen LogP contribution in [0.3, 0.4) is 0 Å². The van der Waals surface area contributed by atoms with Crippen LogP contribution in [0.1, 0.15) is 40.2 Å². The third kappa shape index (κ3) is 7.36. The van der Waals surface area contributed by atoms with Crippen molar-refractivity contribution in [2.45, 2.75) is 59.3 Å². The molecule has 1 aromatic rings. The zero-order valence-corrected chi connectivity index (χ0v) is 20.7. The van der Waals surface area contributed by atoms with E-state index in [0.29, 0.717) is 6.61 Å². The number of hydrogen-bond donors (Lipinski definition) is 0. The van der Waals surface area contributed by atoms with Gasteiger partial charge in [0.15, 0.2) is 8.32 Å². The Balaban J connectivity index is 1.94. The van der Waals surface area contributed by atoms with Crippen molar-refractivity contribution in [3.8, 4) is 0 Å². The summed E-state index contributed by atoms with van der Waals surface area (Å²) in [6.07, 6.45) is 4.34. The molecule has 0 radical (unpaired) electrons. The summed E-state index contributed by atoms with van der Waals surface area (Å²) in [5, 5.41) is 0.238. The zero-order chi connectivity index (χ0) is 20.8. The maximum absolute atomic E-state index is 6.25. The molecule has 1 aromatic carbocycles. The number of nitrogens with zero attached hydrogens (tertiary/aromatic N) is 1. The fraction of sp³-hybridized carbons (Fsp3) is 0.636. The molecule has 1 heterocycles. The molecule has 0 N–H and O–H groups in total. The van der Waals surface area contributed by atoms with Crippen LogP contribution in [0.4, 0.5) is 0 Å². The van der Waals surface area contributed by atoms with E-state index in [0.717, 1.165) is 26.3 Å². The van der Waals surface area contributed by atoms with Gasteiger partial charge in [0.25, 0.3) is 0 Å². The SMILES string of the molecule is CC1(C)CO[PH+](N(C/C=C/CO[Si](C)(C)C(C)(C)C)Cc2ccccc2)OC1. The molecule has 158 valence electrons. The van der Waals surface area contributed by atoms with Gasteiger partial charge in [-0.3, -0.25) is 0 Å². The molecule has 0 amide bonds. The Morgan fingerprint density at radius 2 is 1.71 bits per heavy atom. The minimum Gasteiger partial charge on any atom is -0.413 e.